The second-order valence-corrected chi connectivity index (χ2v) is 17.9. The minimum Gasteiger partial charge on any atom is -0.455 e. The van der Waals surface area contributed by atoms with Gasteiger partial charge in [0.2, 0.25) is 0 Å². The topological polar surface area (TPSA) is 55.1 Å². The van der Waals surface area contributed by atoms with E-state index in [1.165, 1.54) is 33.4 Å². The van der Waals surface area contributed by atoms with Gasteiger partial charge in [0.05, 0.1) is 16.8 Å². The third kappa shape index (κ3) is 6.00. The van der Waals surface area contributed by atoms with Gasteiger partial charge < -0.3 is 9.32 Å². The predicted molar refractivity (Wildman–Crippen MR) is 280 cm³/mol. The number of benzene rings is 10. The SMILES string of the molecule is c1ccc(-c2cccc(-c3nc(-c4ccccc4)nc(-c4ccc5c(c4)oc4c(-c6ccc7c(c6)N(c6ccccc6)c6ccccc6C76c7ccccc7-c7ccccc76)cccc45)n3)c2)cc1. The van der Waals surface area contributed by atoms with Gasteiger partial charge in [-0.15, -0.1) is 0 Å². The van der Waals surface area contributed by atoms with Gasteiger partial charge in [-0.2, -0.15) is 0 Å². The van der Waals surface area contributed by atoms with Gasteiger partial charge in [-0.1, -0.05) is 200 Å². The molecule has 1 aliphatic heterocycles. The fourth-order valence-electron chi connectivity index (χ4n) is 11.1. The third-order valence-electron chi connectivity index (χ3n) is 14.1. The second kappa shape index (κ2) is 15.4. The number of furan rings is 1. The molecule has 0 saturated heterocycles. The molecule has 69 heavy (non-hydrogen) atoms. The molecule has 0 amide bonds. The van der Waals surface area contributed by atoms with Gasteiger partial charge in [0.1, 0.15) is 11.2 Å². The first-order valence-corrected chi connectivity index (χ1v) is 23.4. The summed E-state index contributed by atoms with van der Waals surface area (Å²) in [4.78, 5) is 17.7. The van der Waals surface area contributed by atoms with E-state index in [1.54, 1.807) is 0 Å². The summed E-state index contributed by atoms with van der Waals surface area (Å²) in [6.07, 6.45) is 0. The van der Waals surface area contributed by atoms with E-state index in [-0.39, 0.29) is 0 Å². The lowest BCUT2D eigenvalue weighted by atomic mass is 9.64. The van der Waals surface area contributed by atoms with Gasteiger partial charge in [-0.25, -0.2) is 15.0 Å². The average molecular weight is 881 g/mol. The van der Waals surface area contributed by atoms with Crippen LogP contribution in [0.4, 0.5) is 17.1 Å². The summed E-state index contributed by atoms with van der Waals surface area (Å²) in [5, 5.41) is 2.07. The summed E-state index contributed by atoms with van der Waals surface area (Å²) >= 11 is 0. The Labute approximate surface area is 399 Å². The monoisotopic (exact) mass is 880 g/mol. The number of rotatable bonds is 6. The number of hydrogen-bond donors (Lipinski definition) is 0. The highest BCUT2D eigenvalue weighted by Crippen LogP contribution is 2.63. The molecule has 14 rings (SSSR count). The Morgan fingerprint density at radius 2 is 0.841 bits per heavy atom. The quantitative estimate of drug-likeness (QED) is 0.167. The standard InChI is InChI=1S/C64H40N4O/c1-4-18-41(19-5-1)43-22-16-23-45(38-43)62-65-61(42-20-6-2-7-21-42)66-63(67-62)46-34-36-51-52-29-17-28-48(60(52)69-59(51)40-46)44-35-37-56-58(39-44)68(47-24-8-3-9-25-47)57-33-15-14-32-55(57)64(56)53-30-12-10-26-49(53)50-27-11-13-31-54(50)64/h1-40H. The Morgan fingerprint density at radius 3 is 1.57 bits per heavy atom. The smallest absolute Gasteiger partial charge is 0.164 e. The van der Waals surface area contributed by atoms with Crippen LogP contribution in [-0.2, 0) is 5.41 Å². The van der Waals surface area contributed by atoms with Crippen molar-refractivity contribution in [3.05, 3.63) is 265 Å². The maximum atomic E-state index is 7.01. The molecule has 0 fully saturated rings. The van der Waals surface area contributed by atoms with Gasteiger partial charge in [-0.3, -0.25) is 0 Å². The van der Waals surface area contributed by atoms with Crippen LogP contribution in [0.5, 0.6) is 0 Å². The maximum absolute atomic E-state index is 7.01. The molecule has 322 valence electrons. The Bertz CT molecular complexity index is 3930. The lowest BCUT2D eigenvalue weighted by Gasteiger charge is -2.45. The van der Waals surface area contributed by atoms with E-state index >= 15 is 0 Å². The molecule has 2 aromatic heterocycles. The first kappa shape index (κ1) is 39.0. The van der Waals surface area contributed by atoms with Crippen molar-refractivity contribution < 1.29 is 4.42 Å². The normalized spacial score (nSPS) is 13.0. The zero-order chi connectivity index (χ0) is 45.5. The molecule has 5 heteroatoms. The summed E-state index contributed by atoms with van der Waals surface area (Å²) in [6, 6.07) is 86.4. The molecule has 3 heterocycles. The maximum Gasteiger partial charge on any atom is 0.164 e. The van der Waals surface area contributed by atoms with Crippen molar-refractivity contribution in [2.45, 2.75) is 5.41 Å². The van der Waals surface area contributed by atoms with Crippen molar-refractivity contribution in [2.24, 2.45) is 0 Å². The molecule has 0 bridgehead atoms. The number of para-hydroxylation sites is 3. The van der Waals surface area contributed by atoms with Crippen LogP contribution >= 0.6 is 0 Å². The number of anilines is 3. The van der Waals surface area contributed by atoms with E-state index in [2.05, 4.69) is 211 Å². The largest absolute Gasteiger partial charge is 0.455 e. The highest BCUT2D eigenvalue weighted by molar-refractivity contribution is 6.10. The van der Waals surface area contributed by atoms with Crippen molar-refractivity contribution >= 4 is 39.0 Å². The zero-order valence-electron chi connectivity index (χ0n) is 37.3. The number of aromatic nitrogens is 3. The highest BCUT2D eigenvalue weighted by Gasteiger charge is 2.51. The number of hydrogen-bond acceptors (Lipinski definition) is 5. The van der Waals surface area contributed by atoms with Crippen molar-refractivity contribution in [1.82, 2.24) is 15.0 Å². The molecule has 2 aliphatic rings. The zero-order valence-corrected chi connectivity index (χ0v) is 37.3. The minimum absolute atomic E-state index is 0.523. The van der Waals surface area contributed by atoms with Crippen LogP contribution in [0.1, 0.15) is 22.3 Å². The van der Waals surface area contributed by atoms with Crippen LogP contribution in [0.2, 0.25) is 0 Å². The summed E-state index contributed by atoms with van der Waals surface area (Å²) in [7, 11) is 0. The fourth-order valence-corrected chi connectivity index (χ4v) is 11.1. The van der Waals surface area contributed by atoms with Crippen LogP contribution in [0.3, 0.4) is 0 Å². The number of fused-ring (bicyclic) bond motifs is 12. The molecule has 5 nitrogen and oxygen atoms in total. The van der Waals surface area contributed by atoms with E-state index in [1.807, 2.05) is 36.4 Å². The van der Waals surface area contributed by atoms with Gasteiger partial charge >= 0.3 is 0 Å². The molecule has 0 atom stereocenters. The first-order chi connectivity index (χ1) is 34.2. The first-order valence-electron chi connectivity index (χ1n) is 23.4. The van der Waals surface area contributed by atoms with Crippen molar-refractivity contribution in [2.75, 3.05) is 4.90 Å². The molecule has 1 spiro atoms. The molecule has 10 aromatic carbocycles. The fraction of sp³-hybridized carbons (Fsp3) is 0.0156. The Morgan fingerprint density at radius 1 is 0.319 bits per heavy atom. The van der Waals surface area contributed by atoms with Gasteiger partial charge in [0.25, 0.3) is 0 Å². The van der Waals surface area contributed by atoms with Gasteiger partial charge in [0, 0.05) is 38.7 Å². The van der Waals surface area contributed by atoms with E-state index in [9.17, 15) is 0 Å². The average Bonchev–Trinajstić information content (AvgIpc) is 3.95. The summed E-state index contributed by atoms with van der Waals surface area (Å²) in [6.45, 7) is 0. The van der Waals surface area contributed by atoms with Gasteiger partial charge in [0.15, 0.2) is 17.5 Å². The lowest BCUT2D eigenvalue weighted by Crippen LogP contribution is -2.36. The van der Waals surface area contributed by atoms with Crippen molar-refractivity contribution in [3.63, 3.8) is 0 Å². The molecule has 0 N–H and O–H groups in total. The second-order valence-electron chi connectivity index (χ2n) is 17.9. The van der Waals surface area contributed by atoms with E-state index < -0.39 is 5.41 Å². The van der Waals surface area contributed by atoms with Crippen LogP contribution in [0.25, 0.3) is 89.5 Å². The molecule has 0 unspecified atom stereocenters. The molecule has 12 aromatic rings. The lowest BCUT2D eigenvalue weighted by molar-refractivity contribution is 0.670. The van der Waals surface area contributed by atoms with Crippen LogP contribution in [0.15, 0.2) is 247 Å². The Kier molecular flexibility index (Phi) is 8.73. The summed E-state index contributed by atoms with van der Waals surface area (Å²) < 4.78 is 7.01. The summed E-state index contributed by atoms with van der Waals surface area (Å²) in [5.74, 6) is 1.79. The van der Waals surface area contributed by atoms with E-state index in [0.29, 0.717) is 17.5 Å². The molecule has 0 saturated carbocycles. The Balaban J connectivity index is 0.934. The van der Waals surface area contributed by atoms with Crippen molar-refractivity contribution in [3.8, 4) is 67.5 Å². The van der Waals surface area contributed by atoms with Crippen LogP contribution < -0.4 is 4.90 Å². The molecular formula is C64H40N4O. The molecule has 1 aliphatic carbocycles. The Hall–Kier alpha value is -9.19. The van der Waals surface area contributed by atoms with Gasteiger partial charge in [-0.05, 0) is 92.5 Å². The van der Waals surface area contributed by atoms with E-state index in [4.69, 9.17) is 19.4 Å². The summed E-state index contributed by atoms with van der Waals surface area (Å²) in [5.41, 5.74) is 19.1. The molecule has 0 radical (unpaired) electrons. The van der Waals surface area contributed by atoms with Crippen LogP contribution in [-0.4, -0.2) is 15.0 Å². The highest BCUT2D eigenvalue weighted by atomic mass is 16.3. The van der Waals surface area contributed by atoms with Crippen molar-refractivity contribution in [1.29, 1.82) is 0 Å². The number of nitrogens with zero attached hydrogens (tertiary/aromatic N) is 4. The van der Waals surface area contributed by atoms with E-state index in [0.717, 1.165) is 77.9 Å². The third-order valence-corrected chi connectivity index (χ3v) is 14.1. The van der Waals surface area contributed by atoms with Crippen LogP contribution in [0, 0.1) is 0 Å². The molecular weight excluding hydrogens is 841 g/mol. The predicted octanol–water partition coefficient (Wildman–Crippen LogP) is 16.3. The minimum atomic E-state index is -0.523.